The molecule has 2 aromatic carbocycles. The van der Waals surface area contributed by atoms with Crippen molar-refractivity contribution in [2.24, 2.45) is 0 Å². The van der Waals surface area contributed by atoms with Crippen LogP contribution in [0.4, 0.5) is 4.39 Å². The zero-order valence-corrected chi connectivity index (χ0v) is 19.5. The van der Waals surface area contributed by atoms with Crippen LogP contribution in [0.2, 0.25) is 0 Å². The first-order valence-electron chi connectivity index (χ1n) is 11.0. The Balaban J connectivity index is 1.55. The summed E-state index contributed by atoms with van der Waals surface area (Å²) in [6.45, 7) is 3.68. The van der Waals surface area contributed by atoms with E-state index in [2.05, 4.69) is 15.1 Å². The number of halogens is 1. The maximum Gasteiger partial charge on any atom is 0.272 e. The van der Waals surface area contributed by atoms with E-state index in [0.29, 0.717) is 16.9 Å². The number of sulfonamides is 1. The van der Waals surface area contributed by atoms with Crippen molar-refractivity contribution >= 4 is 15.9 Å². The van der Waals surface area contributed by atoms with E-state index in [1.54, 1.807) is 48.9 Å². The highest BCUT2D eigenvalue weighted by molar-refractivity contribution is 7.89. The van der Waals surface area contributed by atoms with E-state index in [9.17, 15) is 17.6 Å². The van der Waals surface area contributed by atoms with Crippen molar-refractivity contribution in [3.05, 3.63) is 76.9 Å². The van der Waals surface area contributed by atoms with Crippen LogP contribution < -0.4 is 10.0 Å². The van der Waals surface area contributed by atoms with E-state index in [-0.39, 0.29) is 29.2 Å². The van der Waals surface area contributed by atoms with E-state index in [0.717, 1.165) is 36.9 Å². The first kappa shape index (κ1) is 23.1. The number of nitrogens with zero attached hydrogens (tertiary/aromatic N) is 2. The van der Waals surface area contributed by atoms with Crippen molar-refractivity contribution in [1.29, 1.82) is 0 Å². The molecule has 1 aromatic heterocycles. The highest BCUT2D eigenvalue weighted by Gasteiger charge is 2.25. The minimum absolute atomic E-state index is 0.154. The van der Waals surface area contributed by atoms with Gasteiger partial charge in [0.05, 0.1) is 10.6 Å². The third kappa shape index (κ3) is 5.15. The van der Waals surface area contributed by atoms with E-state index in [4.69, 9.17) is 0 Å². The van der Waals surface area contributed by atoms with Crippen molar-refractivity contribution in [2.45, 2.75) is 57.0 Å². The maximum atomic E-state index is 13.4. The van der Waals surface area contributed by atoms with Gasteiger partial charge in [0.2, 0.25) is 10.0 Å². The first-order chi connectivity index (χ1) is 15.7. The van der Waals surface area contributed by atoms with E-state index in [1.807, 2.05) is 0 Å². The van der Waals surface area contributed by atoms with Crippen molar-refractivity contribution in [3.63, 3.8) is 0 Å². The number of carbonyl (C=O) groups excluding carboxylic acids is 1. The van der Waals surface area contributed by atoms with Crippen LogP contribution >= 0.6 is 0 Å². The summed E-state index contributed by atoms with van der Waals surface area (Å²) >= 11 is 0. The van der Waals surface area contributed by atoms with Gasteiger partial charge in [-0.25, -0.2) is 22.2 Å². The summed E-state index contributed by atoms with van der Waals surface area (Å²) in [5.74, 6) is -0.645. The van der Waals surface area contributed by atoms with Crippen LogP contribution in [0.3, 0.4) is 0 Å². The van der Waals surface area contributed by atoms with Gasteiger partial charge in [-0.15, -0.1) is 0 Å². The zero-order valence-electron chi connectivity index (χ0n) is 18.6. The number of hydrogen-bond acceptors (Lipinski definition) is 4. The topological polar surface area (TPSA) is 93.1 Å². The minimum atomic E-state index is -3.62. The Morgan fingerprint density at radius 1 is 1.12 bits per heavy atom. The summed E-state index contributed by atoms with van der Waals surface area (Å²) in [6.07, 6.45) is 3.54. The lowest BCUT2D eigenvalue weighted by Crippen LogP contribution is -2.30. The summed E-state index contributed by atoms with van der Waals surface area (Å²) in [5.41, 5.74) is 3.64. The Bertz CT molecular complexity index is 1270. The van der Waals surface area contributed by atoms with Crippen LogP contribution in [0.25, 0.3) is 5.69 Å². The Kier molecular flexibility index (Phi) is 6.62. The number of rotatable bonds is 7. The fourth-order valence-electron chi connectivity index (χ4n) is 4.04. The molecule has 0 saturated carbocycles. The molecule has 2 N–H and O–H groups in total. The normalized spacial score (nSPS) is 13.7. The van der Waals surface area contributed by atoms with Crippen LogP contribution in [0.1, 0.15) is 54.0 Å². The number of aromatic nitrogens is 2. The van der Waals surface area contributed by atoms with Gasteiger partial charge in [-0.05, 0) is 81.5 Å². The Hall–Kier alpha value is -3.04. The predicted molar refractivity (Wildman–Crippen MR) is 123 cm³/mol. The second-order valence-electron chi connectivity index (χ2n) is 8.48. The third-order valence-electron chi connectivity index (χ3n) is 5.52. The molecule has 3 aromatic rings. The predicted octanol–water partition coefficient (Wildman–Crippen LogP) is 3.51. The SMILES string of the molecule is CC(C)NS(=O)(=O)c1cccc(CNC(=O)c2nn(-c3ccc(F)cc3)c3c2CCCC3)c1. The number of benzene rings is 2. The lowest BCUT2D eigenvalue weighted by atomic mass is 9.95. The molecule has 7 nitrogen and oxygen atoms in total. The second kappa shape index (κ2) is 9.44. The molecule has 0 unspecified atom stereocenters. The summed E-state index contributed by atoms with van der Waals surface area (Å²) in [7, 11) is -3.62. The first-order valence-corrected chi connectivity index (χ1v) is 12.5. The highest BCUT2D eigenvalue weighted by Crippen LogP contribution is 2.27. The molecule has 4 rings (SSSR count). The average Bonchev–Trinajstić information content (AvgIpc) is 3.17. The van der Waals surface area contributed by atoms with Crippen LogP contribution in [0.15, 0.2) is 53.4 Å². The van der Waals surface area contributed by atoms with Gasteiger partial charge < -0.3 is 5.32 Å². The van der Waals surface area contributed by atoms with Crippen molar-refractivity contribution < 1.29 is 17.6 Å². The summed E-state index contributed by atoms with van der Waals surface area (Å²) in [4.78, 5) is 13.2. The second-order valence-corrected chi connectivity index (χ2v) is 10.2. The number of amides is 1. The largest absolute Gasteiger partial charge is 0.347 e. The Labute approximate surface area is 193 Å². The summed E-state index contributed by atoms with van der Waals surface area (Å²) in [5, 5.41) is 7.44. The van der Waals surface area contributed by atoms with E-state index >= 15 is 0 Å². The monoisotopic (exact) mass is 470 g/mol. The van der Waals surface area contributed by atoms with Gasteiger partial charge in [-0.1, -0.05) is 12.1 Å². The van der Waals surface area contributed by atoms with Crippen LogP contribution in [-0.4, -0.2) is 30.1 Å². The lowest BCUT2D eigenvalue weighted by molar-refractivity contribution is 0.0944. The van der Waals surface area contributed by atoms with Crippen molar-refractivity contribution in [3.8, 4) is 5.69 Å². The quantitative estimate of drug-likeness (QED) is 0.553. The lowest BCUT2D eigenvalue weighted by Gasteiger charge is -2.14. The van der Waals surface area contributed by atoms with Crippen molar-refractivity contribution in [1.82, 2.24) is 19.8 Å². The maximum absolute atomic E-state index is 13.4. The molecule has 1 amide bonds. The molecule has 0 atom stereocenters. The molecule has 0 bridgehead atoms. The van der Waals surface area contributed by atoms with Gasteiger partial charge >= 0.3 is 0 Å². The molecular formula is C24H27FN4O3S. The molecule has 0 fully saturated rings. The summed E-state index contributed by atoms with van der Waals surface area (Å²) < 4.78 is 42.5. The number of carbonyl (C=O) groups is 1. The smallest absolute Gasteiger partial charge is 0.272 e. The molecule has 174 valence electrons. The molecule has 33 heavy (non-hydrogen) atoms. The molecule has 0 aliphatic heterocycles. The van der Waals surface area contributed by atoms with Gasteiger partial charge in [-0.2, -0.15) is 5.10 Å². The van der Waals surface area contributed by atoms with Crippen LogP contribution in [-0.2, 0) is 29.4 Å². The molecule has 1 aliphatic carbocycles. The van der Waals surface area contributed by atoms with Crippen molar-refractivity contribution in [2.75, 3.05) is 0 Å². The Morgan fingerprint density at radius 2 is 1.85 bits per heavy atom. The molecule has 1 aliphatic rings. The van der Waals surface area contributed by atoms with Gasteiger partial charge in [-0.3, -0.25) is 4.79 Å². The molecule has 0 saturated heterocycles. The minimum Gasteiger partial charge on any atom is -0.347 e. The molecular weight excluding hydrogens is 443 g/mol. The highest BCUT2D eigenvalue weighted by atomic mass is 32.2. The fourth-order valence-corrected chi connectivity index (χ4v) is 5.37. The van der Waals surface area contributed by atoms with E-state index in [1.165, 1.54) is 18.2 Å². The molecule has 0 spiro atoms. The van der Waals surface area contributed by atoms with Gasteiger partial charge in [0.15, 0.2) is 5.69 Å². The fraction of sp³-hybridized carbons (Fsp3) is 0.333. The molecule has 9 heteroatoms. The third-order valence-corrected chi connectivity index (χ3v) is 7.18. The zero-order chi connectivity index (χ0) is 23.6. The van der Waals surface area contributed by atoms with Gasteiger partial charge in [0.25, 0.3) is 5.91 Å². The number of nitrogens with one attached hydrogen (secondary N) is 2. The summed E-state index contributed by atoms with van der Waals surface area (Å²) in [6, 6.07) is 12.3. The standard InChI is InChI=1S/C24H27FN4O3S/c1-16(2)28-33(31,32)20-7-5-6-17(14-20)15-26-24(30)23-21-8-3-4-9-22(21)29(27-23)19-12-10-18(25)11-13-19/h5-7,10-14,16,28H,3-4,8-9,15H2,1-2H3,(H,26,30). The van der Waals surface area contributed by atoms with Crippen LogP contribution in [0, 0.1) is 5.82 Å². The number of hydrogen-bond donors (Lipinski definition) is 2. The van der Waals surface area contributed by atoms with Gasteiger partial charge in [0, 0.05) is 23.8 Å². The number of fused-ring (bicyclic) bond motifs is 1. The molecule has 0 radical (unpaired) electrons. The van der Waals surface area contributed by atoms with E-state index < -0.39 is 10.0 Å². The molecule has 1 heterocycles. The van der Waals surface area contributed by atoms with Gasteiger partial charge in [0.1, 0.15) is 5.82 Å². The Morgan fingerprint density at radius 3 is 2.58 bits per heavy atom. The van der Waals surface area contributed by atoms with Crippen LogP contribution in [0.5, 0.6) is 0 Å². The average molecular weight is 471 g/mol.